The van der Waals surface area contributed by atoms with Crippen molar-refractivity contribution in [3.63, 3.8) is 0 Å². The zero-order valence-electron chi connectivity index (χ0n) is 11.8. The Morgan fingerprint density at radius 2 is 1.21 bits per heavy atom. The highest BCUT2D eigenvalue weighted by molar-refractivity contribution is 6.07. The SMILES string of the molecule is O=C(c1ccccc1-c1ccccc1)C(F)(F)C(F)(F)C(F)(F)F. The van der Waals surface area contributed by atoms with Gasteiger partial charge in [0.15, 0.2) is 0 Å². The fourth-order valence-corrected chi connectivity index (χ4v) is 2.04. The second-order valence-electron chi connectivity index (χ2n) is 4.89. The highest BCUT2D eigenvalue weighted by atomic mass is 19.4. The number of halogens is 7. The Bertz CT molecular complexity index is 736. The monoisotopic (exact) mass is 350 g/mol. The molecule has 0 aromatic heterocycles. The van der Waals surface area contributed by atoms with Gasteiger partial charge in [-0.3, -0.25) is 4.79 Å². The van der Waals surface area contributed by atoms with Crippen LogP contribution in [0.25, 0.3) is 11.1 Å². The average Bonchev–Trinajstić information content (AvgIpc) is 2.53. The standard InChI is InChI=1S/C16H9F7O/c17-14(18,15(19,20)16(21,22)23)13(24)12-9-5-4-8-11(12)10-6-2-1-3-7-10/h1-9H. The van der Waals surface area contributed by atoms with E-state index in [9.17, 15) is 35.5 Å². The summed E-state index contributed by atoms with van der Waals surface area (Å²) < 4.78 is 90.2. The number of hydrogen-bond donors (Lipinski definition) is 0. The number of carbonyl (C=O) groups is 1. The Hall–Kier alpha value is -2.38. The lowest BCUT2D eigenvalue weighted by atomic mass is 9.92. The summed E-state index contributed by atoms with van der Waals surface area (Å²) in [6.07, 6.45) is -6.56. The number of hydrogen-bond acceptors (Lipinski definition) is 1. The van der Waals surface area contributed by atoms with Crippen molar-refractivity contribution in [3.05, 3.63) is 60.2 Å². The molecule has 0 amide bonds. The van der Waals surface area contributed by atoms with E-state index >= 15 is 0 Å². The number of Topliss-reactive ketones (excluding diaryl/α,β-unsaturated/α-hetero) is 1. The minimum Gasteiger partial charge on any atom is -0.287 e. The van der Waals surface area contributed by atoms with Gasteiger partial charge in [-0.05, 0) is 11.1 Å². The molecule has 0 heterocycles. The van der Waals surface area contributed by atoms with E-state index < -0.39 is 29.4 Å². The quantitative estimate of drug-likeness (QED) is 0.535. The summed E-state index contributed by atoms with van der Waals surface area (Å²) in [5.74, 6) is -15.0. The predicted octanol–water partition coefficient (Wildman–Crippen LogP) is 5.37. The van der Waals surface area contributed by atoms with Gasteiger partial charge in [0.1, 0.15) is 0 Å². The second-order valence-corrected chi connectivity index (χ2v) is 4.89. The highest BCUT2D eigenvalue weighted by Gasteiger charge is 2.76. The molecule has 0 fully saturated rings. The minimum absolute atomic E-state index is 0.166. The summed E-state index contributed by atoms with van der Waals surface area (Å²) in [5.41, 5.74) is -0.856. The molecule has 2 aromatic carbocycles. The van der Waals surface area contributed by atoms with Gasteiger partial charge in [0.05, 0.1) is 0 Å². The molecule has 0 spiro atoms. The van der Waals surface area contributed by atoms with Crippen LogP contribution >= 0.6 is 0 Å². The van der Waals surface area contributed by atoms with Gasteiger partial charge in [-0.1, -0.05) is 54.6 Å². The van der Waals surface area contributed by atoms with Gasteiger partial charge in [0.2, 0.25) is 5.78 Å². The first-order valence-electron chi connectivity index (χ1n) is 6.52. The topological polar surface area (TPSA) is 17.1 Å². The summed E-state index contributed by atoms with van der Waals surface area (Å²) in [7, 11) is 0. The van der Waals surface area contributed by atoms with Crippen molar-refractivity contribution in [3.8, 4) is 11.1 Å². The van der Waals surface area contributed by atoms with Crippen molar-refractivity contribution >= 4 is 5.78 Å². The molecule has 0 radical (unpaired) electrons. The lowest BCUT2D eigenvalue weighted by Crippen LogP contribution is -2.56. The van der Waals surface area contributed by atoms with Crippen molar-refractivity contribution in [1.29, 1.82) is 0 Å². The van der Waals surface area contributed by atoms with Crippen molar-refractivity contribution in [2.75, 3.05) is 0 Å². The summed E-state index contributed by atoms with van der Waals surface area (Å²) in [5, 5.41) is 0. The lowest BCUT2D eigenvalue weighted by Gasteiger charge is -2.27. The van der Waals surface area contributed by atoms with E-state index in [1.165, 1.54) is 36.4 Å². The maximum atomic E-state index is 13.7. The molecule has 0 aliphatic heterocycles. The van der Waals surface area contributed by atoms with Crippen LogP contribution in [0.4, 0.5) is 30.7 Å². The molecule has 1 nitrogen and oxygen atoms in total. The number of alkyl halides is 7. The normalized spacial score (nSPS) is 13.0. The number of carbonyl (C=O) groups excluding carboxylic acids is 1. The summed E-state index contributed by atoms with van der Waals surface area (Å²) in [6, 6.07) is 11.8. The van der Waals surface area contributed by atoms with E-state index in [0.29, 0.717) is 0 Å². The van der Waals surface area contributed by atoms with Crippen LogP contribution < -0.4 is 0 Å². The Morgan fingerprint density at radius 3 is 1.75 bits per heavy atom. The maximum Gasteiger partial charge on any atom is 0.460 e. The number of rotatable bonds is 4. The van der Waals surface area contributed by atoms with Gasteiger partial charge in [-0.2, -0.15) is 30.7 Å². The first-order valence-corrected chi connectivity index (χ1v) is 6.52. The van der Waals surface area contributed by atoms with E-state index in [0.717, 1.165) is 12.1 Å². The van der Waals surface area contributed by atoms with Crippen LogP contribution in [-0.2, 0) is 0 Å². The van der Waals surface area contributed by atoms with Gasteiger partial charge in [-0.15, -0.1) is 0 Å². The van der Waals surface area contributed by atoms with Crippen molar-refractivity contribution in [2.24, 2.45) is 0 Å². The Balaban J connectivity index is 2.56. The second kappa shape index (κ2) is 5.92. The molecule has 0 unspecified atom stereocenters. The molecule has 2 aromatic rings. The third-order valence-electron chi connectivity index (χ3n) is 3.29. The molecule has 0 aliphatic carbocycles. The smallest absolute Gasteiger partial charge is 0.287 e. The van der Waals surface area contributed by atoms with Crippen LogP contribution in [0.1, 0.15) is 10.4 Å². The molecule has 24 heavy (non-hydrogen) atoms. The first kappa shape index (κ1) is 18.0. The molecule has 0 N–H and O–H groups in total. The predicted molar refractivity (Wildman–Crippen MR) is 72.2 cm³/mol. The molecule has 0 bridgehead atoms. The molecule has 2 rings (SSSR count). The van der Waals surface area contributed by atoms with Crippen LogP contribution in [-0.4, -0.2) is 23.8 Å². The molecule has 128 valence electrons. The molecule has 0 saturated heterocycles. The van der Waals surface area contributed by atoms with Crippen LogP contribution in [0, 0.1) is 0 Å². The number of ketones is 1. The van der Waals surface area contributed by atoms with E-state index in [4.69, 9.17) is 0 Å². The van der Waals surface area contributed by atoms with Crippen LogP contribution in [0.3, 0.4) is 0 Å². The van der Waals surface area contributed by atoms with Gasteiger partial charge >= 0.3 is 18.0 Å². The molecule has 0 aliphatic rings. The average molecular weight is 350 g/mol. The molecular weight excluding hydrogens is 341 g/mol. The van der Waals surface area contributed by atoms with E-state index in [-0.39, 0.29) is 11.1 Å². The third kappa shape index (κ3) is 2.88. The fraction of sp³-hybridized carbons (Fsp3) is 0.188. The fourth-order valence-electron chi connectivity index (χ4n) is 2.04. The molecule has 8 heteroatoms. The van der Waals surface area contributed by atoms with Gasteiger partial charge in [0.25, 0.3) is 0 Å². The van der Waals surface area contributed by atoms with Gasteiger partial charge in [-0.25, -0.2) is 0 Å². The minimum atomic E-state index is -6.56. The first-order chi connectivity index (χ1) is 11.0. The molecular formula is C16H9F7O. The Labute approximate surface area is 131 Å². The van der Waals surface area contributed by atoms with Gasteiger partial charge < -0.3 is 0 Å². The zero-order chi connectivity index (χ0) is 18.2. The largest absolute Gasteiger partial charge is 0.460 e. The Morgan fingerprint density at radius 1 is 0.708 bits per heavy atom. The third-order valence-corrected chi connectivity index (χ3v) is 3.29. The van der Waals surface area contributed by atoms with Crippen LogP contribution in [0.5, 0.6) is 0 Å². The lowest BCUT2D eigenvalue weighted by molar-refractivity contribution is -0.339. The summed E-state index contributed by atoms with van der Waals surface area (Å²) in [4.78, 5) is 11.8. The summed E-state index contributed by atoms with van der Waals surface area (Å²) >= 11 is 0. The van der Waals surface area contributed by atoms with Crippen molar-refractivity contribution < 1.29 is 35.5 Å². The number of benzene rings is 2. The molecule has 0 atom stereocenters. The highest BCUT2D eigenvalue weighted by Crippen LogP contribution is 2.48. The van der Waals surface area contributed by atoms with Gasteiger partial charge in [0, 0.05) is 5.56 Å². The Kier molecular flexibility index (Phi) is 4.43. The van der Waals surface area contributed by atoms with E-state index in [1.54, 1.807) is 6.07 Å². The van der Waals surface area contributed by atoms with Crippen molar-refractivity contribution in [1.82, 2.24) is 0 Å². The van der Waals surface area contributed by atoms with Crippen LogP contribution in [0.2, 0.25) is 0 Å². The zero-order valence-corrected chi connectivity index (χ0v) is 11.8. The van der Waals surface area contributed by atoms with Crippen molar-refractivity contribution in [2.45, 2.75) is 18.0 Å². The maximum absolute atomic E-state index is 13.7. The van der Waals surface area contributed by atoms with E-state index in [2.05, 4.69) is 0 Å². The molecule has 0 saturated carbocycles. The summed E-state index contributed by atoms with van der Waals surface area (Å²) in [6.45, 7) is 0. The van der Waals surface area contributed by atoms with Crippen LogP contribution in [0.15, 0.2) is 54.6 Å². The van der Waals surface area contributed by atoms with E-state index in [1.807, 2.05) is 0 Å².